The molecule has 0 amide bonds. The summed E-state index contributed by atoms with van der Waals surface area (Å²) in [5.74, 6) is 1.94. The van der Waals surface area contributed by atoms with E-state index in [-0.39, 0.29) is 6.10 Å². The van der Waals surface area contributed by atoms with E-state index in [1.165, 1.54) is 11.1 Å². The molecule has 3 heterocycles. The lowest BCUT2D eigenvalue weighted by Gasteiger charge is -2.32. The largest absolute Gasteiger partial charge is 0.493 e. The maximum Gasteiger partial charge on any atom is 0.163 e. The van der Waals surface area contributed by atoms with Gasteiger partial charge in [0.25, 0.3) is 0 Å². The fourth-order valence-electron chi connectivity index (χ4n) is 3.18. The minimum atomic E-state index is -0.000916. The van der Waals surface area contributed by atoms with Gasteiger partial charge in [0.05, 0.1) is 13.2 Å². The van der Waals surface area contributed by atoms with Gasteiger partial charge in [-0.1, -0.05) is 12.1 Å². The third-order valence-electron chi connectivity index (χ3n) is 4.35. The molecule has 0 spiro atoms. The van der Waals surface area contributed by atoms with Crippen molar-refractivity contribution in [2.24, 2.45) is 7.05 Å². The number of hydrogen-bond donors (Lipinski definition) is 0. The molecule has 6 nitrogen and oxygen atoms in total. The van der Waals surface area contributed by atoms with E-state index in [0.717, 1.165) is 50.8 Å². The Hall–Kier alpha value is -1.92. The smallest absolute Gasteiger partial charge is 0.163 e. The highest BCUT2D eigenvalue weighted by Gasteiger charge is 2.25. The van der Waals surface area contributed by atoms with Crippen LogP contribution in [-0.4, -0.2) is 46.0 Å². The Kier molecular flexibility index (Phi) is 3.56. The van der Waals surface area contributed by atoms with Gasteiger partial charge in [0.1, 0.15) is 18.2 Å². The van der Waals surface area contributed by atoms with Crippen LogP contribution in [0.3, 0.4) is 0 Å². The number of morpholine rings is 1. The molecular formula is C16H20N4O2. The third kappa shape index (κ3) is 2.60. The number of hydrogen-bond acceptors (Lipinski definition) is 5. The van der Waals surface area contributed by atoms with E-state index in [1.807, 2.05) is 11.6 Å². The first-order chi connectivity index (χ1) is 10.8. The molecule has 2 aliphatic rings. The molecule has 4 rings (SSSR count). The lowest BCUT2D eigenvalue weighted by molar-refractivity contribution is -0.0385. The van der Waals surface area contributed by atoms with Crippen molar-refractivity contribution in [2.45, 2.75) is 19.1 Å². The summed E-state index contributed by atoms with van der Waals surface area (Å²) in [6.07, 6.45) is 2.74. The van der Waals surface area contributed by atoms with Crippen molar-refractivity contribution in [3.63, 3.8) is 0 Å². The summed E-state index contributed by atoms with van der Waals surface area (Å²) in [4.78, 5) is 2.42. The predicted octanol–water partition coefficient (Wildman–Crippen LogP) is 1.32. The second-order valence-corrected chi connectivity index (χ2v) is 5.94. The Morgan fingerprint density at radius 2 is 2.27 bits per heavy atom. The van der Waals surface area contributed by atoms with Crippen LogP contribution in [0.4, 0.5) is 0 Å². The topological polar surface area (TPSA) is 52.4 Å². The van der Waals surface area contributed by atoms with Crippen LogP contribution in [-0.2, 0) is 24.8 Å². The van der Waals surface area contributed by atoms with Crippen molar-refractivity contribution in [3.05, 3.63) is 41.5 Å². The van der Waals surface area contributed by atoms with E-state index in [0.29, 0.717) is 0 Å². The Morgan fingerprint density at radius 3 is 3.14 bits per heavy atom. The van der Waals surface area contributed by atoms with Crippen LogP contribution in [0.5, 0.6) is 5.75 Å². The van der Waals surface area contributed by atoms with Crippen molar-refractivity contribution in [2.75, 3.05) is 26.3 Å². The lowest BCUT2D eigenvalue weighted by atomic mass is 10.1. The van der Waals surface area contributed by atoms with Crippen LogP contribution in [0.25, 0.3) is 0 Å². The second kappa shape index (κ2) is 5.70. The van der Waals surface area contributed by atoms with Crippen molar-refractivity contribution in [1.29, 1.82) is 0 Å². The van der Waals surface area contributed by atoms with E-state index < -0.39 is 0 Å². The zero-order chi connectivity index (χ0) is 14.9. The summed E-state index contributed by atoms with van der Waals surface area (Å²) in [7, 11) is 1.96. The van der Waals surface area contributed by atoms with Gasteiger partial charge in [0, 0.05) is 33.1 Å². The highest BCUT2D eigenvalue weighted by molar-refractivity contribution is 5.39. The minimum Gasteiger partial charge on any atom is -0.493 e. The van der Waals surface area contributed by atoms with E-state index >= 15 is 0 Å². The molecule has 1 aromatic carbocycles. The quantitative estimate of drug-likeness (QED) is 0.856. The Labute approximate surface area is 129 Å². The summed E-state index contributed by atoms with van der Waals surface area (Å²) in [5.41, 5.74) is 2.67. The average molecular weight is 300 g/mol. The zero-order valence-electron chi connectivity index (χ0n) is 12.7. The number of benzene rings is 1. The van der Waals surface area contributed by atoms with Gasteiger partial charge in [-0.3, -0.25) is 4.90 Å². The van der Waals surface area contributed by atoms with Crippen molar-refractivity contribution in [1.82, 2.24) is 19.7 Å². The molecule has 116 valence electrons. The normalized spacial score (nSPS) is 21.6. The molecule has 1 saturated heterocycles. The van der Waals surface area contributed by atoms with Crippen molar-refractivity contribution < 1.29 is 9.47 Å². The molecule has 0 saturated carbocycles. The summed E-state index contributed by atoms with van der Waals surface area (Å²) in [6.45, 7) is 4.27. The number of rotatable bonds is 3. The highest BCUT2D eigenvalue weighted by Crippen LogP contribution is 2.27. The van der Waals surface area contributed by atoms with Gasteiger partial charge >= 0.3 is 0 Å². The molecule has 0 bridgehead atoms. The number of nitrogens with zero attached hydrogens (tertiary/aromatic N) is 4. The molecule has 22 heavy (non-hydrogen) atoms. The first-order valence-electron chi connectivity index (χ1n) is 7.72. The SMILES string of the molecule is Cn1cnnc1[C@H]1CN(Cc2ccc3c(c2)CCO3)CCO1. The lowest BCUT2D eigenvalue weighted by Crippen LogP contribution is -2.38. The molecule has 2 aliphatic heterocycles. The monoisotopic (exact) mass is 300 g/mol. The Balaban J connectivity index is 1.45. The molecule has 0 unspecified atom stereocenters. The fraction of sp³-hybridized carbons (Fsp3) is 0.500. The van der Waals surface area contributed by atoms with Crippen LogP contribution < -0.4 is 4.74 Å². The van der Waals surface area contributed by atoms with Crippen LogP contribution in [0.15, 0.2) is 24.5 Å². The summed E-state index contributed by atoms with van der Waals surface area (Å²) >= 11 is 0. The van der Waals surface area contributed by atoms with Crippen LogP contribution >= 0.6 is 0 Å². The third-order valence-corrected chi connectivity index (χ3v) is 4.35. The van der Waals surface area contributed by atoms with Gasteiger partial charge in [-0.15, -0.1) is 10.2 Å². The average Bonchev–Trinajstić information content (AvgIpc) is 3.15. The molecule has 0 aliphatic carbocycles. The standard InChI is InChI=1S/C16H20N4O2/c1-19-11-17-18-16(19)15-10-20(5-7-22-15)9-12-2-3-14-13(8-12)4-6-21-14/h2-3,8,11,15H,4-7,9-10H2,1H3/t15-/m1/s1. The summed E-state index contributed by atoms with van der Waals surface area (Å²) in [5, 5.41) is 8.12. The number of aryl methyl sites for hydroxylation is 1. The van der Waals surface area contributed by atoms with Gasteiger partial charge < -0.3 is 14.0 Å². The Morgan fingerprint density at radius 1 is 1.32 bits per heavy atom. The molecule has 6 heteroatoms. The molecule has 0 N–H and O–H groups in total. The number of ether oxygens (including phenoxy) is 2. The first-order valence-corrected chi connectivity index (χ1v) is 7.72. The first kappa shape index (κ1) is 13.7. The molecular weight excluding hydrogens is 280 g/mol. The molecule has 1 aromatic heterocycles. The maximum absolute atomic E-state index is 5.86. The zero-order valence-corrected chi connectivity index (χ0v) is 12.7. The number of aromatic nitrogens is 3. The maximum atomic E-state index is 5.86. The fourth-order valence-corrected chi connectivity index (χ4v) is 3.18. The van der Waals surface area contributed by atoms with Crippen LogP contribution in [0, 0.1) is 0 Å². The highest BCUT2D eigenvalue weighted by atomic mass is 16.5. The molecule has 1 fully saturated rings. The van der Waals surface area contributed by atoms with Gasteiger partial charge in [-0.05, 0) is 17.2 Å². The summed E-state index contributed by atoms with van der Waals surface area (Å²) in [6, 6.07) is 6.53. The number of fused-ring (bicyclic) bond motifs is 1. The van der Waals surface area contributed by atoms with Gasteiger partial charge in [-0.2, -0.15) is 0 Å². The van der Waals surface area contributed by atoms with Crippen LogP contribution in [0.1, 0.15) is 23.1 Å². The summed E-state index contributed by atoms with van der Waals surface area (Å²) < 4.78 is 13.4. The van der Waals surface area contributed by atoms with E-state index in [4.69, 9.17) is 9.47 Å². The van der Waals surface area contributed by atoms with Crippen molar-refractivity contribution >= 4 is 0 Å². The van der Waals surface area contributed by atoms with Gasteiger partial charge in [0.2, 0.25) is 0 Å². The molecule has 1 atom stereocenters. The van der Waals surface area contributed by atoms with Gasteiger partial charge in [0.15, 0.2) is 5.82 Å². The second-order valence-electron chi connectivity index (χ2n) is 5.94. The Bertz CT molecular complexity index is 670. The van der Waals surface area contributed by atoms with Crippen molar-refractivity contribution in [3.8, 4) is 5.75 Å². The molecule has 0 radical (unpaired) electrons. The van der Waals surface area contributed by atoms with Gasteiger partial charge in [-0.25, -0.2) is 0 Å². The minimum absolute atomic E-state index is 0.000916. The van der Waals surface area contributed by atoms with Crippen LogP contribution in [0.2, 0.25) is 0 Å². The van der Waals surface area contributed by atoms with E-state index in [2.05, 4.69) is 33.3 Å². The van der Waals surface area contributed by atoms with E-state index in [1.54, 1.807) is 6.33 Å². The van der Waals surface area contributed by atoms with E-state index in [9.17, 15) is 0 Å². The predicted molar refractivity (Wildman–Crippen MR) is 80.6 cm³/mol. The molecule has 2 aromatic rings.